The van der Waals surface area contributed by atoms with Crippen molar-refractivity contribution in [1.29, 1.82) is 0 Å². The number of benzene rings is 1. The molecule has 0 aliphatic heterocycles. The quantitative estimate of drug-likeness (QED) is 0.915. The highest BCUT2D eigenvalue weighted by Crippen LogP contribution is 2.28. The summed E-state index contributed by atoms with van der Waals surface area (Å²) in [6.07, 6.45) is 5.34. The molecule has 1 fully saturated rings. The van der Waals surface area contributed by atoms with Crippen LogP contribution in [0.3, 0.4) is 0 Å². The van der Waals surface area contributed by atoms with Crippen LogP contribution in [0.4, 0.5) is 0 Å². The summed E-state index contributed by atoms with van der Waals surface area (Å²) < 4.78 is 7.01. The minimum atomic E-state index is 0.400. The maximum absolute atomic E-state index is 5.95. The van der Waals surface area contributed by atoms with Gasteiger partial charge in [-0.2, -0.15) is 0 Å². The van der Waals surface area contributed by atoms with Crippen molar-refractivity contribution in [3.63, 3.8) is 0 Å². The molecule has 0 amide bonds. The van der Waals surface area contributed by atoms with Gasteiger partial charge in [0, 0.05) is 16.6 Å². The number of halogens is 1. The molecule has 2 nitrogen and oxygen atoms in total. The molecule has 2 rings (SSSR count). The Morgan fingerprint density at radius 2 is 2.07 bits per heavy atom. The van der Waals surface area contributed by atoms with Gasteiger partial charge in [0.1, 0.15) is 5.75 Å². The van der Waals surface area contributed by atoms with E-state index in [0.29, 0.717) is 12.6 Å². The fourth-order valence-corrected chi connectivity index (χ4v) is 2.42. The maximum Gasteiger partial charge on any atom is 0.124 e. The average molecular weight is 270 g/mol. The molecule has 0 bridgehead atoms. The molecule has 1 aromatic carbocycles. The Kier molecular flexibility index (Phi) is 3.65. The zero-order chi connectivity index (χ0) is 10.7. The normalized spacial score (nSPS) is 16.9. The summed E-state index contributed by atoms with van der Waals surface area (Å²) in [5.41, 5.74) is 6.77. The van der Waals surface area contributed by atoms with Crippen molar-refractivity contribution in [3.05, 3.63) is 28.2 Å². The summed E-state index contributed by atoms with van der Waals surface area (Å²) >= 11 is 3.44. The fraction of sp³-hybridized carbons (Fsp3) is 0.500. The first-order valence-corrected chi connectivity index (χ1v) is 6.24. The summed E-state index contributed by atoms with van der Waals surface area (Å²) in [4.78, 5) is 0. The zero-order valence-electron chi connectivity index (χ0n) is 8.71. The molecular formula is C12H16BrNO. The molecular weight excluding hydrogens is 254 g/mol. The van der Waals surface area contributed by atoms with Gasteiger partial charge in [-0.25, -0.2) is 0 Å². The van der Waals surface area contributed by atoms with Crippen molar-refractivity contribution in [2.75, 3.05) is 0 Å². The summed E-state index contributed by atoms with van der Waals surface area (Å²) in [7, 11) is 0. The van der Waals surface area contributed by atoms with Gasteiger partial charge in [0.05, 0.1) is 6.10 Å². The Morgan fingerprint density at radius 3 is 2.73 bits per heavy atom. The third-order valence-corrected chi connectivity index (χ3v) is 3.33. The van der Waals surface area contributed by atoms with Gasteiger partial charge in [0.25, 0.3) is 0 Å². The predicted octanol–water partition coefficient (Wildman–Crippen LogP) is 3.23. The van der Waals surface area contributed by atoms with Gasteiger partial charge in [-0.1, -0.05) is 15.9 Å². The molecule has 15 heavy (non-hydrogen) atoms. The molecule has 0 heterocycles. The first-order chi connectivity index (χ1) is 7.29. The van der Waals surface area contributed by atoms with Crippen LogP contribution in [0.25, 0.3) is 0 Å². The van der Waals surface area contributed by atoms with Crippen LogP contribution in [0.1, 0.15) is 31.2 Å². The van der Waals surface area contributed by atoms with Crippen molar-refractivity contribution in [2.45, 2.75) is 38.3 Å². The third kappa shape index (κ3) is 2.73. The van der Waals surface area contributed by atoms with E-state index in [4.69, 9.17) is 10.5 Å². The number of ether oxygens (including phenoxy) is 1. The van der Waals surface area contributed by atoms with E-state index in [1.165, 1.54) is 25.7 Å². The molecule has 82 valence electrons. The standard InChI is InChI=1S/C12H16BrNO/c13-10-5-6-12(9(7-10)8-14)15-11-3-1-2-4-11/h5-7,11H,1-4,8,14H2. The highest BCUT2D eigenvalue weighted by atomic mass is 79.9. The highest BCUT2D eigenvalue weighted by Gasteiger charge is 2.17. The molecule has 3 heteroatoms. The van der Waals surface area contributed by atoms with Crippen LogP contribution in [-0.4, -0.2) is 6.10 Å². The van der Waals surface area contributed by atoms with E-state index in [9.17, 15) is 0 Å². The number of rotatable bonds is 3. The summed E-state index contributed by atoms with van der Waals surface area (Å²) in [5.74, 6) is 0.951. The van der Waals surface area contributed by atoms with Crippen molar-refractivity contribution in [2.24, 2.45) is 5.73 Å². The number of hydrogen-bond donors (Lipinski definition) is 1. The van der Waals surface area contributed by atoms with Crippen LogP contribution in [0.2, 0.25) is 0 Å². The molecule has 0 unspecified atom stereocenters. The topological polar surface area (TPSA) is 35.2 Å². The van der Waals surface area contributed by atoms with E-state index in [1.807, 2.05) is 18.2 Å². The molecule has 0 radical (unpaired) electrons. The van der Waals surface area contributed by atoms with Crippen LogP contribution >= 0.6 is 15.9 Å². The number of hydrogen-bond acceptors (Lipinski definition) is 2. The van der Waals surface area contributed by atoms with Crippen molar-refractivity contribution in [3.8, 4) is 5.75 Å². The predicted molar refractivity (Wildman–Crippen MR) is 64.9 cm³/mol. The molecule has 1 aliphatic rings. The summed E-state index contributed by atoms with van der Waals surface area (Å²) in [6, 6.07) is 6.04. The monoisotopic (exact) mass is 269 g/mol. The van der Waals surface area contributed by atoms with Gasteiger partial charge in [-0.15, -0.1) is 0 Å². The Bertz CT molecular complexity index is 334. The molecule has 0 atom stereocenters. The smallest absolute Gasteiger partial charge is 0.124 e. The molecule has 0 saturated heterocycles. The second-order valence-corrected chi connectivity index (χ2v) is 4.90. The SMILES string of the molecule is NCc1cc(Br)ccc1OC1CCCC1. The Labute approximate surface area is 98.9 Å². The second-order valence-electron chi connectivity index (χ2n) is 3.98. The van der Waals surface area contributed by atoms with E-state index in [2.05, 4.69) is 15.9 Å². The van der Waals surface area contributed by atoms with Crippen molar-refractivity contribution in [1.82, 2.24) is 0 Å². The van der Waals surface area contributed by atoms with E-state index in [-0.39, 0.29) is 0 Å². The molecule has 0 aromatic heterocycles. The largest absolute Gasteiger partial charge is 0.490 e. The van der Waals surface area contributed by atoms with Gasteiger partial charge in [0.2, 0.25) is 0 Å². The van der Waals surface area contributed by atoms with Gasteiger partial charge >= 0.3 is 0 Å². The highest BCUT2D eigenvalue weighted by molar-refractivity contribution is 9.10. The molecule has 2 N–H and O–H groups in total. The Morgan fingerprint density at radius 1 is 1.33 bits per heavy atom. The average Bonchev–Trinajstić information content (AvgIpc) is 2.73. The Hall–Kier alpha value is -0.540. The second kappa shape index (κ2) is 4.99. The van der Waals surface area contributed by atoms with Crippen molar-refractivity contribution < 1.29 is 4.74 Å². The number of nitrogens with two attached hydrogens (primary N) is 1. The lowest BCUT2D eigenvalue weighted by atomic mass is 10.2. The maximum atomic E-state index is 5.95. The van der Waals surface area contributed by atoms with Crippen molar-refractivity contribution >= 4 is 15.9 Å². The molecule has 1 saturated carbocycles. The van der Waals surface area contributed by atoms with Gasteiger partial charge in [-0.05, 0) is 43.9 Å². The first-order valence-electron chi connectivity index (χ1n) is 5.45. The zero-order valence-corrected chi connectivity index (χ0v) is 10.3. The molecule has 1 aromatic rings. The van der Waals surface area contributed by atoms with Crippen LogP contribution in [0.5, 0.6) is 5.75 Å². The van der Waals surface area contributed by atoms with Gasteiger partial charge < -0.3 is 10.5 Å². The van der Waals surface area contributed by atoms with E-state index in [0.717, 1.165) is 15.8 Å². The first kappa shape index (κ1) is 11.0. The molecule has 0 spiro atoms. The van der Waals surface area contributed by atoms with Gasteiger partial charge in [-0.3, -0.25) is 0 Å². The van der Waals surface area contributed by atoms with E-state index in [1.54, 1.807) is 0 Å². The lowest BCUT2D eigenvalue weighted by Gasteiger charge is -2.16. The van der Waals surface area contributed by atoms with Crippen LogP contribution in [0, 0.1) is 0 Å². The minimum Gasteiger partial charge on any atom is -0.490 e. The summed E-state index contributed by atoms with van der Waals surface area (Å²) in [6.45, 7) is 0.529. The van der Waals surface area contributed by atoms with Gasteiger partial charge in [0.15, 0.2) is 0 Å². The third-order valence-electron chi connectivity index (χ3n) is 2.84. The summed E-state index contributed by atoms with van der Waals surface area (Å²) in [5, 5.41) is 0. The lowest BCUT2D eigenvalue weighted by molar-refractivity contribution is 0.208. The van der Waals surface area contributed by atoms with Crippen LogP contribution in [0.15, 0.2) is 22.7 Å². The fourth-order valence-electron chi connectivity index (χ4n) is 2.01. The lowest BCUT2D eigenvalue weighted by Crippen LogP contribution is -2.13. The van der Waals surface area contributed by atoms with E-state index < -0.39 is 0 Å². The van der Waals surface area contributed by atoms with E-state index >= 15 is 0 Å². The Balaban J connectivity index is 2.12. The van der Waals surface area contributed by atoms with Crippen LogP contribution < -0.4 is 10.5 Å². The molecule has 1 aliphatic carbocycles. The van der Waals surface area contributed by atoms with Crippen LogP contribution in [-0.2, 0) is 6.54 Å². The minimum absolute atomic E-state index is 0.400.